The van der Waals surface area contributed by atoms with Crippen LogP contribution in [0.15, 0.2) is 48.5 Å². The van der Waals surface area contributed by atoms with Crippen molar-refractivity contribution in [1.82, 2.24) is 14.7 Å². The van der Waals surface area contributed by atoms with Gasteiger partial charge in [-0.05, 0) is 43.3 Å². The fourth-order valence-electron chi connectivity index (χ4n) is 3.59. The van der Waals surface area contributed by atoms with E-state index in [-0.39, 0.29) is 24.2 Å². The number of anilines is 1. The van der Waals surface area contributed by atoms with Crippen molar-refractivity contribution in [3.05, 3.63) is 65.5 Å². The van der Waals surface area contributed by atoms with E-state index in [1.165, 1.54) is 23.3 Å². The Morgan fingerprint density at radius 3 is 2.50 bits per heavy atom. The van der Waals surface area contributed by atoms with E-state index in [0.29, 0.717) is 38.4 Å². The van der Waals surface area contributed by atoms with Crippen molar-refractivity contribution in [3.8, 4) is 0 Å². The molecule has 0 unspecified atom stereocenters. The van der Waals surface area contributed by atoms with E-state index in [2.05, 4.69) is 24.4 Å². The molecule has 30 heavy (non-hydrogen) atoms. The first-order valence-electron chi connectivity index (χ1n) is 10.2. The number of carbonyl (C=O) groups excluding carboxylic acids is 2. The van der Waals surface area contributed by atoms with Crippen LogP contribution in [0.25, 0.3) is 0 Å². The van der Waals surface area contributed by atoms with Gasteiger partial charge in [0.1, 0.15) is 5.82 Å². The third-order valence-electron chi connectivity index (χ3n) is 5.31. The maximum atomic E-state index is 13.2. The summed E-state index contributed by atoms with van der Waals surface area (Å²) in [6.07, 6.45) is 0. The third-order valence-corrected chi connectivity index (χ3v) is 5.31. The van der Waals surface area contributed by atoms with Gasteiger partial charge in [0.15, 0.2) is 0 Å². The summed E-state index contributed by atoms with van der Waals surface area (Å²) < 4.78 is 13.2. The summed E-state index contributed by atoms with van der Waals surface area (Å²) in [7, 11) is 1.96. The Balaban J connectivity index is 1.40. The predicted octanol–water partition coefficient (Wildman–Crippen LogP) is 2.35. The van der Waals surface area contributed by atoms with Gasteiger partial charge in [-0.1, -0.05) is 30.3 Å². The van der Waals surface area contributed by atoms with Crippen LogP contribution in [-0.2, 0) is 16.1 Å². The van der Waals surface area contributed by atoms with Gasteiger partial charge in [-0.25, -0.2) is 4.39 Å². The standard InChI is InChI=1S/C23H29FN4O2/c1-18-6-3-4-7-19(18)15-26(2)17-23(30)28-12-10-27(11-13-28)16-22(29)25-21-9-5-8-20(24)14-21/h3-9,14H,10-13,15-17H2,1-2H3,(H,25,29). The molecule has 1 saturated heterocycles. The number of rotatable bonds is 7. The maximum absolute atomic E-state index is 13.2. The molecule has 0 radical (unpaired) electrons. The molecule has 3 rings (SSSR count). The lowest BCUT2D eigenvalue weighted by molar-refractivity contribution is -0.134. The molecule has 2 aromatic rings. The van der Waals surface area contributed by atoms with Crippen LogP contribution in [0.3, 0.4) is 0 Å². The molecule has 0 aliphatic carbocycles. The summed E-state index contributed by atoms with van der Waals surface area (Å²) in [5, 5.41) is 2.71. The molecule has 0 bridgehead atoms. The van der Waals surface area contributed by atoms with E-state index in [4.69, 9.17) is 0 Å². The third kappa shape index (κ3) is 6.37. The van der Waals surface area contributed by atoms with E-state index >= 15 is 0 Å². The van der Waals surface area contributed by atoms with E-state index < -0.39 is 0 Å². The van der Waals surface area contributed by atoms with Crippen LogP contribution in [0, 0.1) is 12.7 Å². The smallest absolute Gasteiger partial charge is 0.238 e. The Morgan fingerprint density at radius 1 is 1.07 bits per heavy atom. The zero-order chi connectivity index (χ0) is 21.5. The quantitative estimate of drug-likeness (QED) is 0.759. The molecule has 1 aliphatic heterocycles. The summed E-state index contributed by atoms with van der Waals surface area (Å²) in [6.45, 7) is 5.90. The van der Waals surface area contributed by atoms with Crippen molar-refractivity contribution in [1.29, 1.82) is 0 Å². The highest BCUT2D eigenvalue weighted by atomic mass is 19.1. The van der Waals surface area contributed by atoms with Gasteiger partial charge in [-0.3, -0.25) is 19.4 Å². The second kappa shape index (κ2) is 10.3. The van der Waals surface area contributed by atoms with Gasteiger partial charge < -0.3 is 10.2 Å². The van der Waals surface area contributed by atoms with Crippen LogP contribution < -0.4 is 5.32 Å². The van der Waals surface area contributed by atoms with E-state index in [1.54, 1.807) is 12.1 Å². The van der Waals surface area contributed by atoms with Gasteiger partial charge in [0, 0.05) is 38.4 Å². The molecule has 1 N–H and O–H groups in total. The molecular formula is C23H29FN4O2. The van der Waals surface area contributed by atoms with Crippen LogP contribution >= 0.6 is 0 Å². The van der Waals surface area contributed by atoms with Crippen LogP contribution in [0.5, 0.6) is 0 Å². The summed E-state index contributed by atoms with van der Waals surface area (Å²) in [4.78, 5) is 30.7. The average molecular weight is 413 g/mol. The SMILES string of the molecule is Cc1ccccc1CN(C)CC(=O)N1CCN(CC(=O)Nc2cccc(F)c2)CC1. The van der Waals surface area contributed by atoms with Gasteiger partial charge in [0.25, 0.3) is 0 Å². The minimum atomic E-state index is -0.382. The van der Waals surface area contributed by atoms with Crippen LogP contribution in [-0.4, -0.2) is 72.8 Å². The number of likely N-dealkylation sites (N-methyl/N-ethyl adjacent to an activating group) is 1. The number of piperazine rings is 1. The number of benzene rings is 2. The van der Waals surface area contributed by atoms with Crippen LogP contribution in [0.2, 0.25) is 0 Å². The van der Waals surface area contributed by atoms with Crippen molar-refractivity contribution < 1.29 is 14.0 Å². The largest absolute Gasteiger partial charge is 0.339 e. The molecular weight excluding hydrogens is 383 g/mol. The normalized spacial score (nSPS) is 14.7. The fraction of sp³-hybridized carbons (Fsp3) is 0.391. The highest BCUT2D eigenvalue weighted by molar-refractivity contribution is 5.92. The number of hydrogen-bond donors (Lipinski definition) is 1. The molecule has 1 fully saturated rings. The molecule has 6 nitrogen and oxygen atoms in total. The Hall–Kier alpha value is -2.77. The van der Waals surface area contributed by atoms with Crippen molar-refractivity contribution in [2.75, 3.05) is 51.6 Å². The molecule has 7 heteroatoms. The van der Waals surface area contributed by atoms with Crippen molar-refractivity contribution in [2.24, 2.45) is 0 Å². The molecule has 0 saturated carbocycles. The summed E-state index contributed by atoms with van der Waals surface area (Å²) in [6, 6.07) is 14.0. The van der Waals surface area contributed by atoms with Gasteiger partial charge in [0.05, 0.1) is 13.1 Å². The second-order valence-electron chi connectivity index (χ2n) is 7.81. The highest BCUT2D eigenvalue weighted by Gasteiger charge is 2.23. The molecule has 0 spiro atoms. The molecule has 160 valence electrons. The first kappa shape index (κ1) is 21.9. The van der Waals surface area contributed by atoms with E-state index in [0.717, 1.165) is 6.54 Å². The minimum absolute atomic E-state index is 0.106. The number of aryl methyl sites for hydroxylation is 1. The fourth-order valence-corrected chi connectivity index (χ4v) is 3.59. The zero-order valence-corrected chi connectivity index (χ0v) is 17.6. The second-order valence-corrected chi connectivity index (χ2v) is 7.81. The molecule has 0 aromatic heterocycles. The zero-order valence-electron chi connectivity index (χ0n) is 17.6. The Kier molecular flexibility index (Phi) is 7.54. The lowest BCUT2D eigenvalue weighted by Crippen LogP contribution is -2.52. The Morgan fingerprint density at radius 2 is 1.80 bits per heavy atom. The van der Waals surface area contributed by atoms with Gasteiger partial charge in [0.2, 0.25) is 11.8 Å². The van der Waals surface area contributed by atoms with Crippen molar-refractivity contribution in [3.63, 3.8) is 0 Å². The maximum Gasteiger partial charge on any atom is 0.238 e. The van der Waals surface area contributed by atoms with Crippen molar-refractivity contribution >= 4 is 17.5 Å². The van der Waals surface area contributed by atoms with Gasteiger partial charge in [-0.15, -0.1) is 0 Å². The lowest BCUT2D eigenvalue weighted by atomic mass is 10.1. The number of nitrogens with zero attached hydrogens (tertiary/aromatic N) is 3. The number of nitrogens with one attached hydrogen (secondary N) is 1. The van der Waals surface area contributed by atoms with Gasteiger partial charge in [-0.2, -0.15) is 0 Å². The van der Waals surface area contributed by atoms with E-state index in [1.807, 2.05) is 33.9 Å². The molecule has 2 amide bonds. The number of halogens is 1. The summed E-state index contributed by atoms with van der Waals surface area (Å²) in [5.74, 6) is -0.458. The molecule has 0 atom stereocenters. The monoisotopic (exact) mass is 412 g/mol. The average Bonchev–Trinajstić information content (AvgIpc) is 2.70. The number of carbonyl (C=O) groups is 2. The topological polar surface area (TPSA) is 55.9 Å². The Labute approximate surface area is 177 Å². The number of amides is 2. The predicted molar refractivity (Wildman–Crippen MR) is 116 cm³/mol. The summed E-state index contributed by atoms with van der Waals surface area (Å²) in [5.41, 5.74) is 2.90. The highest BCUT2D eigenvalue weighted by Crippen LogP contribution is 2.11. The molecule has 2 aromatic carbocycles. The van der Waals surface area contributed by atoms with Crippen LogP contribution in [0.1, 0.15) is 11.1 Å². The molecule has 1 heterocycles. The van der Waals surface area contributed by atoms with Crippen LogP contribution in [0.4, 0.5) is 10.1 Å². The van der Waals surface area contributed by atoms with Gasteiger partial charge >= 0.3 is 0 Å². The number of hydrogen-bond acceptors (Lipinski definition) is 4. The first-order valence-corrected chi connectivity index (χ1v) is 10.2. The lowest BCUT2D eigenvalue weighted by Gasteiger charge is -2.35. The summed E-state index contributed by atoms with van der Waals surface area (Å²) >= 11 is 0. The Bertz CT molecular complexity index is 881. The first-order chi connectivity index (χ1) is 14.4. The van der Waals surface area contributed by atoms with E-state index in [9.17, 15) is 14.0 Å². The molecule has 1 aliphatic rings. The minimum Gasteiger partial charge on any atom is -0.339 e. The van der Waals surface area contributed by atoms with Crippen molar-refractivity contribution in [2.45, 2.75) is 13.5 Å².